The van der Waals surface area contributed by atoms with Crippen LogP contribution in [0.1, 0.15) is 38.5 Å². The van der Waals surface area contributed by atoms with Crippen molar-refractivity contribution < 1.29 is 13.5 Å². The molecule has 1 aliphatic rings. The van der Waals surface area contributed by atoms with Gasteiger partial charge in [-0.2, -0.15) is 0 Å². The van der Waals surface area contributed by atoms with Gasteiger partial charge >= 0.3 is 0 Å². The molecule has 0 spiro atoms. The van der Waals surface area contributed by atoms with Gasteiger partial charge in [0.2, 0.25) is 10.0 Å². The Labute approximate surface area is 92.3 Å². The van der Waals surface area contributed by atoms with Gasteiger partial charge in [0.05, 0.1) is 5.75 Å². The molecule has 90 valence electrons. The predicted octanol–water partition coefficient (Wildman–Crippen LogP) is 0.963. The zero-order chi connectivity index (χ0) is 11.3. The molecular formula is C10H21NO3S. The van der Waals surface area contributed by atoms with Crippen molar-refractivity contribution in [3.05, 3.63) is 0 Å². The summed E-state index contributed by atoms with van der Waals surface area (Å²) in [6.07, 6.45) is 5.78. The smallest absolute Gasteiger partial charge is 0.214 e. The molecule has 0 unspecified atom stereocenters. The van der Waals surface area contributed by atoms with E-state index in [1.807, 2.05) is 0 Å². The highest BCUT2D eigenvalue weighted by molar-refractivity contribution is 7.89. The Bertz CT molecular complexity index is 270. The van der Waals surface area contributed by atoms with E-state index in [1.54, 1.807) is 7.05 Å². The molecule has 0 aromatic heterocycles. The van der Waals surface area contributed by atoms with E-state index in [-0.39, 0.29) is 18.4 Å². The second kappa shape index (κ2) is 5.82. The van der Waals surface area contributed by atoms with E-state index in [0.717, 1.165) is 25.7 Å². The second-order valence-electron chi connectivity index (χ2n) is 4.20. The number of aliphatic hydroxyl groups is 1. The van der Waals surface area contributed by atoms with Crippen LogP contribution in [0.2, 0.25) is 0 Å². The van der Waals surface area contributed by atoms with E-state index in [4.69, 9.17) is 5.11 Å². The second-order valence-corrected chi connectivity index (χ2v) is 6.35. The molecular weight excluding hydrogens is 214 g/mol. The summed E-state index contributed by atoms with van der Waals surface area (Å²) in [6.45, 7) is -0.0578. The monoisotopic (exact) mass is 235 g/mol. The molecule has 15 heavy (non-hydrogen) atoms. The van der Waals surface area contributed by atoms with Crippen molar-refractivity contribution in [2.75, 3.05) is 19.4 Å². The Hall–Kier alpha value is -0.130. The number of aliphatic hydroxyl groups excluding tert-OH is 1. The van der Waals surface area contributed by atoms with Crippen molar-refractivity contribution in [2.45, 2.75) is 44.6 Å². The molecule has 1 aliphatic carbocycles. The summed E-state index contributed by atoms with van der Waals surface area (Å²) in [5.74, 6) is 0.0660. The Kier molecular flexibility index (Phi) is 5.02. The lowest BCUT2D eigenvalue weighted by Gasteiger charge is -2.30. The molecule has 1 saturated carbocycles. The number of hydrogen-bond donors (Lipinski definition) is 1. The van der Waals surface area contributed by atoms with Crippen LogP contribution >= 0.6 is 0 Å². The fourth-order valence-corrected chi connectivity index (χ4v) is 3.51. The third kappa shape index (κ3) is 3.74. The molecule has 0 aliphatic heterocycles. The first-order valence-corrected chi connectivity index (χ1v) is 7.25. The SMILES string of the molecule is CN(C1CCCCC1)S(=O)(=O)CCCO. The minimum atomic E-state index is -3.15. The van der Waals surface area contributed by atoms with Gasteiger partial charge in [0.1, 0.15) is 0 Å². The van der Waals surface area contributed by atoms with E-state index >= 15 is 0 Å². The van der Waals surface area contributed by atoms with Crippen LogP contribution in [0.15, 0.2) is 0 Å². The van der Waals surface area contributed by atoms with Gasteiger partial charge in [-0.05, 0) is 19.3 Å². The summed E-state index contributed by atoms with van der Waals surface area (Å²) in [5, 5.41) is 8.64. The molecule has 0 atom stereocenters. The van der Waals surface area contributed by atoms with Crippen LogP contribution in [0, 0.1) is 0 Å². The van der Waals surface area contributed by atoms with Gasteiger partial charge in [-0.3, -0.25) is 0 Å². The van der Waals surface area contributed by atoms with E-state index < -0.39 is 10.0 Å². The number of sulfonamides is 1. The van der Waals surface area contributed by atoms with Crippen molar-refractivity contribution in [1.29, 1.82) is 0 Å². The van der Waals surface area contributed by atoms with Crippen LogP contribution in [-0.2, 0) is 10.0 Å². The van der Waals surface area contributed by atoms with Gasteiger partial charge in [-0.1, -0.05) is 19.3 Å². The zero-order valence-electron chi connectivity index (χ0n) is 9.35. The third-order valence-electron chi connectivity index (χ3n) is 3.09. The van der Waals surface area contributed by atoms with E-state index in [1.165, 1.54) is 10.7 Å². The maximum atomic E-state index is 11.8. The van der Waals surface area contributed by atoms with Crippen molar-refractivity contribution in [2.24, 2.45) is 0 Å². The van der Waals surface area contributed by atoms with Crippen molar-refractivity contribution in [1.82, 2.24) is 4.31 Å². The lowest BCUT2D eigenvalue weighted by molar-refractivity contribution is 0.278. The fraction of sp³-hybridized carbons (Fsp3) is 1.00. The van der Waals surface area contributed by atoms with Gasteiger partial charge in [0.15, 0.2) is 0 Å². The number of hydrogen-bond acceptors (Lipinski definition) is 3. The first-order valence-electron chi connectivity index (χ1n) is 5.64. The lowest BCUT2D eigenvalue weighted by Crippen LogP contribution is -2.39. The topological polar surface area (TPSA) is 57.6 Å². The largest absolute Gasteiger partial charge is 0.396 e. The average Bonchev–Trinajstić information content (AvgIpc) is 2.26. The summed E-state index contributed by atoms with van der Waals surface area (Å²) < 4.78 is 25.1. The Morgan fingerprint density at radius 1 is 1.27 bits per heavy atom. The molecule has 1 rings (SSSR count). The van der Waals surface area contributed by atoms with Crippen LogP contribution in [0.4, 0.5) is 0 Å². The van der Waals surface area contributed by atoms with Gasteiger partial charge in [0.25, 0.3) is 0 Å². The summed E-state index contributed by atoms with van der Waals surface area (Å²) in [6, 6.07) is 0.183. The quantitative estimate of drug-likeness (QED) is 0.772. The molecule has 5 heteroatoms. The Morgan fingerprint density at radius 2 is 1.87 bits per heavy atom. The molecule has 1 fully saturated rings. The summed E-state index contributed by atoms with van der Waals surface area (Å²) in [4.78, 5) is 0. The van der Waals surface area contributed by atoms with Crippen LogP contribution in [0.5, 0.6) is 0 Å². The third-order valence-corrected chi connectivity index (χ3v) is 5.07. The van der Waals surface area contributed by atoms with Gasteiger partial charge in [-0.15, -0.1) is 0 Å². The lowest BCUT2D eigenvalue weighted by atomic mass is 9.96. The highest BCUT2D eigenvalue weighted by Gasteiger charge is 2.26. The van der Waals surface area contributed by atoms with Crippen molar-refractivity contribution in [3.63, 3.8) is 0 Å². The van der Waals surface area contributed by atoms with Crippen molar-refractivity contribution in [3.8, 4) is 0 Å². The maximum Gasteiger partial charge on any atom is 0.214 e. The summed E-state index contributed by atoms with van der Waals surface area (Å²) in [7, 11) is -1.48. The average molecular weight is 235 g/mol. The molecule has 0 saturated heterocycles. The summed E-state index contributed by atoms with van der Waals surface area (Å²) in [5.41, 5.74) is 0. The number of nitrogens with zero attached hydrogens (tertiary/aromatic N) is 1. The molecule has 0 amide bonds. The molecule has 0 heterocycles. The highest BCUT2D eigenvalue weighted by Crippen LogP contribution is 2.23. The molecule has 1 N–H and O–H groups in total. The van der Waals surface area contributed by atoms with E-state index in [0.29, 0.717) is 6.42 Å². The first kappa shape index (κ1) is 12.9. The van der Waals surface area contributed by atoms with Crippen LogP contribution in [-0.4, -0.2) is 43.3 Å². The Morgan fingerprint density at radius 3 is 2.40 bits per heavy atom. The van der Waals surface area contributed by atoms with Crippen LogP contribution in [0.3, 0.4) is 0 Å². The minimum Gasteiger partial charge on any atom is -0.396 e. The Balaban J connectivity index is 2.53. The van der Waals surface area contributed by atoms with E-state index in [2.05, 4.69) is 0 Å². The standard InChI is InChI=1S/C10H21NO3S/c1-11(10-6-3-2-4-7-10)15(13,14)9-5-8-12/h10,12H,2-9H2,1H3. The van der Waals surface area contributed by atoms with Crippen molar-refractivity contribution >= 4 is 10.0 Å². The van der Waals surface area contributed by atoms with E-state index in [9.17, 15) is 8.42 Å². The fourth-order valence-electron chi connectivity index (χ4n) is 2.06. The molecule has 0 radical (unpaired) electrons. The minimum absolute atomic E-state index is 0.0578. The zero-order valence-corrected chi connectivity index (χ0v) is 10.2. The molecule has 4 nitrogen and oxygen atoms in total. The van der Waals surface area contributed by atoms with Crippen LogP contribution in [0.25, 0.3) is 0 Å². The summed E-state index contributed by atoms with van der Waals surface area (Å²) >= 11 is 0. The van der Waals surface area contributed by atoms with Gasteiger partial charge in [0, 0.05) is 19.7 Å². The van der Waals surface area contributed by atoms with Gasteiger partial charge < -0.3 is 5.11 Å². The van der Waals surface area contributed by atoms with Gasteiger partial charge in [-0.25, -0.2) is 12.7 Å². The molecule has 0 aromatic carbocycles. The normalized spacial score (nSPS) is 19.7. The maximum absolute atomic E-state index is 11.8. The van der Waals surface area contributed by atoms with Crippen LogP contribution < -0.4 is 0 Å². The first-order chi connectivity index (χ1) is 7.08. The predicted molar refractivity (Wildman–Crippen MR) is 60.1 cm³/mol. The highest BCUT2D eigenvalue weighted by atomic mass is 32.2. The number of rotatable bonds is 5. The molecule has 0 aromatic rings. The molecule has 0 bridgehead atoms.